The smallest absolute Gasteiger partial charge is 0.289 e. The van der Waals surface area contributed by atoms with Gasteiger partial charge in [0.15, 0.2) is 0 Å². The lowest BCUT2D eigenvalue weighted by molar-refractivity contribution is -0.142. The number of hydrogen-bond donors (Lipinski definition) is 3. The molecule has 4 N–H and O–H groups in total. The molecule has 0 aromatic carbocycles. The summed E-state index contributed by atoms with van der Waals surface area (Å²) >= 11 is 0. The third-order valence-corrected chi connectivity index (χ3v) is 4.12. The molecule has 1 fully saturated rings. The Morgan fingerprint density at radius 3 is 2.48 bits per heavy atom. The van der Waals surface area contributed by atoms with Crippen LogP contribution in [0.25, 0.3) is 0 Å². The third kappa shape index (κ3) is 5.67. The molecular weight excluding hydrogens is 324 g/mol. The summed E-state index contributed by atoms with van der Waals surface area (Å²) in [5.74, 6) is -2.26. The molecule has 1 aliphatic rings. The molecule has 25 heavy (non-hydrogen) atoms. The monoisotopic (exact) mass is 352 g/mol. The van der Waals surface area contributed by atoms with Gasteiger partial charge in [0.25, 0.3) is 5.91 Å². The highest BCUT2D eigenvalue weighted by Crippen LogP contribution is 2.24. The topological polar surface area (TPSA) is 122 Å². The van der Waals surface area contributed by atoms with E-state index in [0.29, 0.717) is 19.4 Å². The van der Waals surface area contributed by atoms with Gasteiger partial charge in [0.1, 0.15) is 6.04 Å². The van der Waals surface area contributed by atoms with Gasteiger partial charge < -0.3 is 21.3 Å². The van der Waals surface area contributed by atoms with Gasteiger partial charge in [0.05, 0.1) is 12.6 Å². The molecule has 0 spiro atoms. The maximum Gasteiger partial charge on any atom is 0.289 e. The van der Waals surface area contributed by atoms with Crippen LogP contribution in [0.5, 0.6) is 0 Å². The van der Waals surface area contributed by atoms with Crippen molar-refractivity contribution in [2.75, 3.05) is 19.6 Å². The standard InChI is InChI=1S/C17H28N4O4/c1-5-8-19-15(24)12(22)10-20-14(23)11-7-6-9-21(11)16(25)13(18)17(2,3)4/h5,11,13H,1,6-10,18H2,2-4H3,(H,19,24)(H,20,23)/t11-,13+/m0/s1. The average molecular weight is 352 g/mol. The number of ketones is 1. The van der Waals surface area contributed by atoms with Crippen molar-refractivity contribution in [1.29, 1.82) is 0 Å². The number of nitrogens with two attached hydrogens (primary N) is 1. The zero-order valence-electron chi connectivity index (χ0n) is 15.1. The van der Waals surface area contributed by atoms with Gasteiger partial charge in [-0.25, -0.2) is 0 Å². The summed E-state index contributed by atoms with van der Waals surface area (Å²) in [5, 5.41) is 4.78. The second-order valence-electron chi connectivity index (χ2n) is 7.17. The van der Waals surface area contributed by atoms with E-state index in [1.165, 1.54) is 11.0 Å². The van der Waals surface area contributed by atoms with Crippen LogP contribution in [0.2, 0.25) is 0 Å². The molecule has 1 rings (SSSR count). The van der Waals surface area contributed by atoms with Crippen LogP contribution >= 0.6 is 0 Å². The largest absolute Gasteiger partial charge is 0.347 e. The normalized spacial score (nSPS) is 18.4. The fourth-order valence-electron chi connectivity index (χ4n) is 2.48. The van der Waals surface area contributed by atoms with Crippen molar-refractivity contribution in [2.24, 2.45) is 11.1 Å². The van der Waals surface area contributed by atoms with Crippen LogP contribution in [0, 0.1) is 5.41 Å². The number of amides is 3. The SMILES string of the molecule is C=CCNC(=O)C(=O)CNC(=O)[C@@H]1CCCN1C(=O)[C@@H](N)C(C)(C)C. The van der Waals surface area contributed by atoms with Crippen molar-refractivity contribution in [3.63, 3.8) is 0 Å². The number of likely N-dealkylation sites (tertiary alicyclic amines) is 1. The van der Waals surface area contributed by atoms with Gasteiger partial charge in [-0.05, 0) is 18.3 Å². The van der Waals surface area contributed by atoms with Crippen LogP contribution in [-0.2, 0) is 19.2 Å². The Morgan fingerprint density at radius 2 is 1.92 bits per heavy atom. The molecule has 3 amide bonds. The predicted molar refractivity (Wildman–Crippen MR) is 93.4 cm³/mol. The first kappa shape index (κ1) is 20.8. The first-order valence-electron chi connectivity index (χ1n) is 8.35. The molecule has 0 unspecified atom stereocenters. The Balaban J connectivity index is 2.62. The molecule has 1 heterocycles. The van der Waals surface area contributed by atoms with Gasteiger partial charge in [-0.3, -0.25) is 19.2 Å². The molecule has 2 atom stereocenters. The Bertz CT molecular complexity index is 553. The Morgan fingerprint density at radius 1 is 1.28 bits per heavy atom. The number of hydrogen-bond acceptors (Lipinski definition) is 5. The predicted octanol–water partition coefficient (Wildman–Crippen LogP) is -0.662. The highest BCUT2D eigenvalue weighted by atomic mass is 16.2. The number of carbonyl (C=O) groups excluding carboxylic acids is 4. The lowest BCUT2D eigenvalue weighted by Gasteiger charge is -2.32. The minimum Gasteiger partial charge on any atom is -0.347 e. The number of nitrogens with one attached hydrogen (secondary N) is 2. The maximum absolute atomic E-state index is 12.6. The molecule has 1 aliphatic heterocycles. The van der Waals surface area contributed by atoms with Gasteiger partial charge in [-0.2, -0.15) is 0 Å². The number of nitrogens with zero attached hydrogens (tertiary/aromatic N) is 1. The Labute approximate surface area is 148 Å². The molecule has 0 aromatic rings. The van der Waals surface area contributed by atoms with Crippen LogP contribution in [0.4, 0.5) is 0 Å². The summed E-state index contributed by atoms with van der Waals surface area (Å²) in [4.78, 5) is 49.5. The lowest BCUT2D eigenvalue weighted by Crippen LogP contribution is -2.55. The second-order valence-corrected chi connectivity index (χ2v) is 7.17. The van der Waals surface area contributed by atoms with E-state index in [1.54, 1.807) is 0 Å². The van der Waals surface area contributed by atoms with Crippen molar-refractivity contribution >= 4 is 23.5 Å². The van der Waals surface area contributed by atoms with E-state index >= 15 is 0 Å². The van der Waals surface area contributed by atoms with Crippen molar-refractivity contribution in [3.05, 3.63) is 12.7 Å². The second kappa shape index (κ2) is 8.75. The van der Waals surface area contributed by atoms with Crippen molar-refractivity contribution in [3.8, 4) is 0 Å². The first-order chi connectivity index (χ1) is 11.6. The van der Waals surface area contributed by atoms with Gasteiger partial charge in [-0.1, -0.05) is 26.8 Å². The molecule has 8 nitrogen and oxygen atoms in total. The molecule has 1 saturated heterocycles. The first-order valence-corrected chi connectivity index (χ1v) is 8.35. The average Bonchev–Trinajstić information content (AvgIpc) is 3.04. The zero-order valence-corrected chi connectivity index (χ0v) is 15.1. The van der Waals surface area contributed by atoms with Gasteiger partial charge in [-0.15, -0.1) is 6.58 Å². The van der Waals surface area contributed by atoms with Gasteiger partial charge >= 0.3 is 0 Å². The number of carbonyl (C=O) groups is 4. The molecule has 0 aromatic heterocycles. The highest BCUT2D eigenvalue weighted by molar-refractivity contribution is 6.37. The minimum absolute atomic E-state index is 0.175. The molecule has 140 valence electrons. The quantitative estimate of drug-likeness (QED) is 0.415. The van der Waals surface area contributed by atoms with Crippen molar-refractivity contribution in [2.45, 2.75) is 45.7 Å². The molecule has 0 bridgehead atoms. The summed E-state index contributed by atoms with van der Waals surface area (Å²) in [7, 11) is 0. The lowest BCUT2D eigenvalue weighted by atomic mass is 9.86. The fourth-order valence-corrected chi connectivity index (χ4v) is 2.48. The van der Waals surface area contributed by atoms with E-state index < -0.39 is 41.6 Å². The molecule has 0 saturated carbocycles. The van der Waals surface area contributed by atoms with Gasteiger partial charge in [0.2, 0.25) is 17.6 Å². The highest BCUT2D eigenvalue weighted by Gasteiger charge is 2.39. The number of Topliss-reactive ketones (excluding diaryl/α,β-unsaturated/α-hetero) is 1. The van der Waals surface area contributed by atoms with Crippen LogP contribution in [0.15, 0.2) is 12.7 Å². The van der Waals surface area contributed by atoms with E-state index in [4.69, 9.17) is 5.73 Å². The Kier molecular flexibility index (Phi) is 7.29. The molecule has 0 aliphatic carbocycles. The van der Waals surface area contributed by atoms with E-state index in [9.17, 15) is 19.2 Å². The molecule has 0 radical (unpaired) electrons. The maximum atomic E-state index is 12.6. The summed E-state index contributed by atoms with van der Waals surface area (Å²) in [6.45, 7) is 9.23. The zero-order chi connectivity index (χ0) is 19.2. The van der Waals surface area contributed by atoms with Crippen LogP contribution in [0.1, 0.15) is 33.6 Å². The molecular formula is C17H28N4O4. The van der Waals surface area contributed by atoms with Crippen LogP contribution in [-0.4, -0.2) is 60.1 Å². The fraction of sp³-hybridized carbons (Fsp3) is 0.647. The molecule has 8 heteroatoms. The summed E-state index contributed by atoms with van der Waals surface area (Å²) in [5.41, 5.74) is 5.59. The van der Waals surface area contributed by atoms with E-state index in [0.717, 1.165) is 0 Å². The van der Waals surface area contributed by atoms with Crippen molar-refractivity contribution < 1.29 is 19.2 Å². The number of rotatable bonds is 7. The minimum atomic E-state index is -0.783. The van der Waals surface area contributed by atoms with E-state index in [1.807, 2.05) is 20.8 Å². The van der Waals surface area contributed by atoms with E-state index in [-0.39, 0.29) is 12.5 Å². The van der Waals surface area contributed by atoms with E-state index in [2.05, 4.69) is 17.2 Å². The van der Waals surface area contributed by atoms with Gasteiger partial charge in [0, 0.05) is 13.1 Å². The van der Waals surface area contributed by atoms with Crippen molar-refractivity contribution in [1.82, 2.24) is 15.5 Å². The Hall–Kier alpha value is -2.22. The van der Waals surface area contributed by atoms with Crippen LogP contribution in [0.3, 0.4) is 0 Å². The summed E-state index contributed by atoms with van der Waals surface area (Å²) < 4.78 is 0. The summed E-state index contributed by atoms with van der Waals surface area (Å²) in [6, 6.07) is -1.38. The van der Waals surface area contributed by atoms with Crippen LogP contribution < -0.4 is 16.4 Å². The summed E-state index contributed by atoms with van der Waals surface area (Å²) in [6.07, 6.45) is 2.64. The third-order valence-electron chi connectivity index (χ3n) is 4.12.